The zero-order valence-corrected chi connectivity index (χ0v) is 14.9. The van der Waals surface area contributed by atoms with E-state index in [2.05, 4.69) is 26.6 Å². The van der Waals surface area contributed by atoms with Crippen LogP contribution in [0.5, 0.6) is 5.75 Å². The molecule has 2 aromatic carbocycles. The van der Waals surface area contributed by atoms with E-state index in [1.54, 1.807) is 12.1 Å². The largest absolute Gasteiger partial charge is 0.484 e. The molecule has 0 radical (unpaired) electrons. The minimum atomic E-state index is -0.504. The molecule has 0 heterocycles. The normalized spacial score (nSPS) is 10.1. The number of hydrogen-bond acceptors (Lipinski definition) is 3. The third kappa shape index (κ3) is 5.70. The number of halogens is 1. The maximum Gasteiger partial charge on any atom is 0.321 e. The highest BCUT2D eigenvalue weighted by Crippen LogP contribution is 2.24. The van der Waals surface area contributed by atoms with Gasteiger partial charge >= 0.3 is 6.03 Å². The van der Waals surface area contributed by atoms with Crippen molar-refractivity contribution in [3.8, 4) is 16.9 Å². The van der Waals surface area contributed by atoms with E-state index in [-0.39, 0.29) is 6.61 Å². The molecule has 0 aliphatic rings. The Hall–Kier alpha value is -2.34. The topological polar surface area (TPSA) is 67.4 Å². The van der Waals surface area contributed by atoms with E-state index in [0.29, 0.717) is 12.3 Å². The van der Waals surface area contributed by atoms with Gasteiger partial charge in [0.25, 0.3) is 5.91 Å². The number of nitrogens with one attached hydrogen (secondary N) is 2. The molecule has 0 atom stereocenters. The molecule has 0 spiro atoms. The molecular weight excluding hydrogens is 372 g/mol. The summed E-state index contributed by atoms with van der Waals surface area (Å²) < 4.78 is 6.41. The van der Waals surface area contributed by atoms with E-state index in [1.807, 2.05) is 43.3 Å². The Morgan fingerprint density at radius 1 is 1.00 bits per heavy atom. The highest BCUT2D eigenvalue weighted by atomic mass is 79.9. The number of rotatable bonds is 6. The molecule has 0 aliphatic carbocycles. The minimum absolute atomic E-state index is 0.211. The van der Waals surface area contributed by atoms with E-state index in [4.69, 9.17) is 4.74 Å². The second-order valence-electron chi connectivity index (χ2n) is 5.12. The van der Waals surface area contributed by atoms with Gasteiger partial charge in [-0.1, -0.05) is 47.1 Å². The maximum absolute atomic E-state index is 11.6. The third-order valence-electron chi connectivity index (χ3n) is 3.19. The Balaban J connectivity index is 1.84. The Morgan fingerprint density at radius 2 is 1.58 bits per heavy atom. The molecule has 0 bridgehead atoms. The average molecular weight is 391 g/mol. The van der Waals surface area contributed by atoms with Crippen LogP contribution in [0.1, 0.15) is 13.3 Å². The predicted octanol–water partition coefficient (Wildman–Crippen LogP) is 3.73. The van der Waals surface area contributed by atoms with Crippen LogP contribution < -0.4 is 15.4 Å². The van der Waals surface area contributed by atoms with E-state index < -0.39 is 11.9 Å². The van der Waals surface area contributed by atoms with Crippen molar-refractivity contribution >= 4 is 27.9 Å². The molecular formula is C18H19BrN2O3. The number of carbonyl (C=O) groups is 2. The van der Waals surface area contributed by atoms with Gasteiger partial charge < -0.3 is 10.1 Å². The number of urea groups is 1. The molecule has 2 N–H and O–H groups in total. The lowest BCUT2D eigenvalue weighted by molar-refractivity contribution is -0.122. The van der Waals surface area contributed by atoms with Crippen molar-refractivity contribution in [2.45, 2.75) is 13.3 Å². The summed E-state index contributed by atoms with van der Waals surface area (Å²) in [5, 5.41) is 4.77. The average Bonchev–Trinajstić information content (AvgIpc) is 2.59. The van der Waals surface area contributed by atoms with Crippen molar-refractivity contribution in [2.24, 2.45) is 0 Å². The van der Waals surface area contributed by atoms with Gasteiger partial charge in [0.05, 0.1) is 0 Å². The van der Waals surface area contributed by atoms with Crippen LogP contribution in [0, 0.1) is 0 Å². The van der Waals surface area contributed by atoms with Crippen LogP contribution in [0.2, 0.25) is 0 Å². The summed E-state index contributed by atoms with van der Waals surface area (Å²) in [6, 6.07) is 14.9. The lowest BCUT2D eigenvalue weighted by Gasteiger charge is -2.08. The fraction of sp³-hybridized carbons (Fsp3) is 0.222. The monoisotopic (exact) mass is 390 g/mol. The highest BCUT2D eigenvalue weighted by molar-refractivity contribution is 9.10. The predicted molar refractivity (Wildman–Crippen MR) is 96.9 cm³/mol. The Morgan fingerprint density at radius 3 is 2.17 bits per heavy atom. The van der Waals surface area contributed by atoms with E-state index >= 15 is 0 Å². The summed E-state index contributed by atoms with van der Waals surface area (Å²) in [5.41, 5.74) is 2.15. The fourth-order valence-corrected chi connectivity index (χ4v) is 2.24. The van der Waals surface area contributed by atoms with Crippen molar-refractivity contribution in [3.05, 3.63) is 53.0 Å². The number of amides is 3. The van der Waals surface area contributed by atoms with Crippen LogP contribution >= 0.6 is 15.9 Å². The first-order chi connectivity index (χ1) is 11.6. The highest BCUT2D eigenvalue weighted by Gasteiger charge is 2.07. The van der Waals surface area contributed by atoms with Crippen LogP contribution in [-0.2, 0) is 4.79 Å². The molecule has 0 unspecified atom stereocenters. The first kappa shape index (κ1) is 18.0. The van der Waals surface area contributed by atoms with E-state index in [0.717, 1.165) is 22.0 Å². The molecule has 3 amide bonds. The van der Waals surface area contributed by atoms with Crippen molar-refractivity contribution in [2.75, 3.05) is 13.2 Å². The summed E-state index contributed by atoms with van der Waals surface area (Å²) in [5.74, 6) is 0.0839. The molecule has 2 rings (SSSR count). The molecule has 126 valence electrons. The third-order valence-corrected chi connectivity index (χ3v) is 3.72. The molecule has 0 aromatic heterocycles. The molecule has 0 fully saturated rings. The summed E-state index contributed by atoms with van der Waals surface area (Å²) in [6.07, 6.45) is 0.808. The molecule has 5 nitrogen and oxygen atoms in total. The van der Waals surface area contributed by atoms with E-state index in [1.165, 1.54) is 0 Å². The molecule has 0 saturated carbocycles. The number of imide groups is 1. The fourth-order valence-electron chi connectivity index (χ4n) is 1.98. The maximum atomic E-state index is 11.6. The molecule has 0 aliphatic heterocycles. The number of ether oxygens (including phenoxy) is 1. The van der Waals surface area contributed by atoms with Gasteiger partial charge in [-0.2, -0.15) is 0 Å². The number of hydrogen-bond donors (Lipinski definition) is 2. The first-order valence-electron chi connectivity index (χ1n) is 7.65. The summed E-state index contributed by atoms with van der Waals surface area (Å²) in [7, 11) is 0. The summed E-state index contributed by atoms with van der Waals surface area (Å²) >= 11 is 3.41. The van der Waals surface area contributed by atoms with Gasteiger partial charge in [-0.05, 0) is 41.8 Å². The lowest BCUT2D eigenvalue weighted by atomic mass is 10.1. The van der Waals surface area contributed by atoms with Gasteiger partial charge in [-0.3, -0.25) is 10.1 Å². The second kappa shape index (κ2) is 9.08. The van der Waals surface area contributed by atoms with Gasteiger partial charge in [-0.15, -0.1) is 0 Å². The molecule has 6 heteroatoms. The van der Waals surface area contributed by atoms with Crippen LogP contribution in [-0.4, -0.2) is 25.1 Å². The number of benzene rings is 2. The molecule has 2 aromatic rings. The Labute approximate surface area is 149 Å². The van der Waals surface area contributed by atoms with Gasteiger partial charge in [-0.25, -0.2) is 4.79 Å². The Kier molecular flexibility index (Phi) is 6.81. The van der Waals surface area contributed by atoms with Crippen LogP contribution in [0.4, 0.5) is 4.79 Å². The smallest absolute Gasteiger partial charge is 0.321 e. The SMILES string of the molecule is CCCNC(=O)NC(=O)COc1ccc(-c2ccc(Br)cc2)cc1. The summed E-state index contributed by atoms with van der Waals surface area (Å²) in [4.78, 5) is 23.0. The quantitative estimate of drug-likeness (QED) is 0.789. The first-order valence-corrected chi connectivity index (χ1v) is 8.44. The second-order valence-corrected chi connectivity index (χ2v) is 6.04. The van der Waals surface area contributed by atoms with Gasteiger partial charge in [0.1, 0.15) is 5.75 Å². The van der Waals surface area contributed by atoms with Crippen molar-refractivity contribution in [1.82, 2.24) is 10.6 Å². The zero-order valence-electron chi connectivity index (χ0n) is 13.3. The molecule has 0 saturated heterocycles. The van der Waals surface area contributed by atoms with Crippen molar-refractivity contribution in [1.29, 1.82) is 0 Å². The van der Waals surface area contributed by atoms with Crippen LogP contribution in [0.3, 0.4) is 0 Å². The zero-order chi connectivity index (χ0) is 17.4. The van der Waals surface area contributed by atoms with Crippen LogP contribution in [0.15, 0.2) is 53.0 Å². The number of carbonyl (C=O) groups excluding carboxylic acids is 2. The van der Waals surface area contributed by atoms with E-state index in [9.17, 15) is 9.59 Å². The lowest BCUT2D eigenvalue weighted by Crippen LogP contribution is -2.41. The Bertz CT molecular complexity index is 684. The van der Waals surface area contributed by atoms with Crippen molar-refractivity contribution < 1.29 is 14.3 Å². The van der Waals surface area contributed by atoms with Gasteiger partial charge in [0.15, 0.2) is 6.61 Å². The molecule has 24 heavy (non-hydrogen) atoms. The summed E-state index contributed by atoms with van der Waals surface area (Å²) in [6.45, 7) is 2.25. The minimum Gasteiger partial charge on any atom is -0.484 e. The van der Waals surface area contributed by atoms with Crippen LogP contribution in [0.25, 0.3) is 11.1 Å². The standard InChI is InChI=1S/C18H19BrN2O3/c1-2-11-20-18(23)21-17(22)12-24-16-9-5-14(6-10-16)13-3-7-15(19)8-4-13/h3-10H,2,11-12H2,1H3,(H2,20,21,22,23). The van der Waals surface area contributed by atoms with Crippen molar-refractivity contribution in [3.63, 3.8) is 0 Å². The van der Waals surface area contributed by atoms with Gasteiger partial charge in [0.2, 0.25) is 0 Å². The van der Waals surface area contributed by atoms with Gasteiger partial charge in [0, 0.05) is 11.0 Å².